The predicted octanol–water partition coefficient (Wildman–Crippen LogP) is 6.16. The van der Waals surface area contributed by atoms with Gasteiger partial charge in [0.25, 0.3) is 11.7 Å². The van der Waals surface area contributed by atoms with Gasteiger partial charge >= 0.3 is 0 Å². The Bertz CT molecular complexity index is 1400. The number of ether oxygens (including phenoxy) is 3. The van der Waals surface area contributed by atoms with Gasteiger partial charge in [-0.3, -0.25) is 14.5 Å². The van der Waals surface area contributed by atoms with Crippen LogP contribution in [0.25, 0.3) is 5.76 Å². The molecule has 7 nitrogen and oxygen atoms in total. The average molecular weight is 540 g/mol. The third-order valence-corrected chi connectivity index (χ3v) is 6.35. The Balaban J connectivity index is 1.87. The Morgan fingerprint density at radius 1 is 1.00 bits per heavy atom. The first-order valence-corrected chi connectivity index (χ1v) is 12.2. The molecule has 3 aromatic carbocycles. The highest BCUT2D eigenvalue weighted by molar-refractivity contribution is 6.51. The van der Waals surface area contributed by atoms with E-state index in [0.29, 0.717) is 40.9 Å². The molecular weight excluding hydrogens is 513 g/mol. The van der Waals surface area contributed by atoms with Gasteiger partial charge < -0.3 is 19.3 Å². The summed E-state index contributed by atoms with van der Waals surface area (Å²) < 4.78 is 30.4. The predicted molar refractivity (Wildman–Crippen MR) is 143 cm³/mol. The summed E-state index contributed by atoms with van der Waals surface area (Å²) in [6.07, 6.45) is 0. The third-order valence-electron chi connectivity index (χ3n) is 6.06. The molecule has 38 heavy (non-hydrogen) atoms. The molecule has 1 fully saturated rings. The molecule has 1 aliphatic heterocycles. The van der Waals surface area contributed by atoms with E-state index in [4.69, 9.17) is 25.8 Å². The van der Waals surface area contributed by atoms with E-state index in [1.807, 2.05) is 13.8 Å². The van der Waals surface area contributed by atoms with Gasteiger partial charge in [-0.15, -0.1) is 0 Å². The van der Waals surface area contributed by atoms with Gasteiger partial charge in [-0.2, -0.15) is 0 Å². The van der Waals surface area contributed by atoms with E-state index in [-0.39, 0.29) is 22.0 Å². The zero-order valence-electron chi connectivity index (χ0n) is 21.3. The van der Waals surface area contributed by atoms with Crippen molar-refractivity contribution in [3.8, 4) is 17.2 Å². The lowest BCUT2D eigenvalue weighted by Gasteiger charge is -2.26. The molecule has 0 bridgehead atoms. The number of aliphatic hydroxyl groups excluding tert-OH is 1. The van der Waals surface area contributed by atoms with E-state index in [1.165, 1.54) is 31.3 Å². The summed E-state index contributed by atoms with van der Waals surface area (Å²) in [5.74, 6) is -1.10. The van der Waals surface area contributed by atoms with E-state index in [2.05, 4.69) is 0 Å². The van der Waals surface area contributed by atoms with Gasteiger partial charge in [0.15, 0.2) is 11.5 Å². The summed E-state index contributed by atoms with van der Waals surface area (Å²) in [6.45, 7) is 4.58. The highest BCUT2D eigenvalue weighted by Gasteiger charge is 2.47. The number of aliphatic hydroxyl groups is 1. The van der Waals surface area contributed by atoms with E-state index in [0.717, 1.165) is 6.07 Å². The number of benzene rings is 3. The molecule has 1 unspecified atom stereocenters. The van der Waals surface area contributed by atoms with E-state index in [1.54, 1.807) is 42.5 Å². The van der Waals surface area contributed by atoms with Crippen LogP contribution in [0.5, 0.6) is 17.2 Å². The number of ketones is 1. The molecule has 1 aliphatic rings. The number of Topliss-reactive ketones (excluding diaryl/α,β-unsaturated/α-hetero) is 1. The van der Waals surface area contributed by atoms with Crippen LogP contribution in [-0.4, -0.2) is 37.6 Å². The monoisotopic (exact) mass is 539 g/mol. The largest absolute Gasteiger partial charge is 0.507 e. The standard InChI is InChI=1S/C29H27ClFNO6/c1-16(2)15-38-20-9-5-17(6-10-20)27(33)25-26(18-7-12-23(36-3)24(13-18)37-4)32(29(35)28(25)34)19-8-11-22(31)21(30)14-19/h5-14,16,26,33H,15H2,1-4H3/b27-25+. The van der Waals surface area contributed by atoms with E-state index < -0.39 is 23.5 Å². The number of rotatable bonds is 8. The molecule has 9 heteroatoms. The summed E-state index contributed by atoms with van der Waals surface area (Å²) in [7, 11) is 2.94. The number of hydrogen-bond acceptors (Lipinski definition) is 6. The summed E-state index contributed by atoms with van der Waals surface area (Å²) in [5.41, 5.74) is 0.830. The summed E-state index contributed by atoms with van der Waals surface area (Å²) in [5, 5.41) is 11.1. The van der Waals surface area contributed by atoms with Crippen LogP contribution in [0.15, 0.2) is 66.2 Å². The van der Waals surface area contributed by atoms with Gasteiger partial charge in [0, 0.05) is 11.3 Å². The molecule has 1 saturated heterocycles. The first kappa shape index (κ1) is 27.0. The van der Waals surface area contributed by atoms with Crippen molar-refractivity contribution in [1.29, 1.82) is 0 Å². The van der Waals surface area contributed by atoms with Gasteiger partial charge in [-0.05, 0) is 66.1 Å². The number of anilines is 1. The molecule has 3 aromatic rings. The van der Waals surface area contributed by atoms with E-state index >= 15 is 0 Å². The Hall–Kier alpha value is -4.04. The zero-order valence-corrected chi connectivity index (χ0v) is 22.1. The van der Waals surface area contributed by atoms with Crippen LogP contribution in [-0.2, 0) is 9.59 Å². The second kappa shape index (κ2) is 11.1. The fourth-order valence-corrected chi connectivity index (χ4v) is 4.37. The molecule has 0 spiro atoms. The molecule has 1 atom stereocenters. The van der Waals surface area contributed by atoms with Crippen LogP contribution in [0.2, 0.25) is 5.02 Å². The van der Waals surface area contributed by atoms with Crippen LogP contribution < -0.4 is 19.1 Å². The van der Waals surface area contributed by atoms with Crippen LogP contribution >= 0.6 is 11.6 Å². The minimum absolute atomic E-state index is 0.140. The molecular formula is C29H27ClFNO6. The van der Waals surface area contributed by atoms with Crippen LogP contribution in [0.4, 0.5) is 10.1 Å². The van der Waals surface area contributed by atoms with Crippen molar-refractivity contribution in [1.82, 2.24) is 0 Å². The first-order valence-electron chi connectivity index (χ1n) is 11.9. The second-order valence-electron chi connectivity index (χ2n) is 9.11. The van der Waals surface area contributed by atoms with Gasteiger partial charge in [0.1, 0.15) is 17.3 Å². The molecule has 1 heterocycles. The number of carbonyl (C=O) groups excluding carboxylic acids is 2. The Kier molecular flexibility index (Phi) is 7.92. The highest BCUT2D eigenvalue weighted by Crippen LogP contribution is 2.44. The maximum absolute atomic E-state index is 13.9. The number of carbonyl (C=O) groups is 2. The number of amides is 1. The summed E-state index contributed by atoms with van der Waals surface area (Å²) in [6, 6.07) is 14.1. The molecule has 4 rings (SSSR count). The van der Waals surface area contributed by atoms with Crippen LogP contribution in [0, 0.1) is 11.7 Å². The van der Waals surface area contributed by atoms with Crippen molar-refractivity contribution < 1.29 is 33.3 Å². The highest BCUT2D eigenvalue weighted by atomic mass is 35.5. The van der Waals surface area contributed by atoms with Gasteiger partial charge in [0.2, 0.25) is 0 Å². The maximum atomic E-state index is 13.9. The number of hydrogen-bond donors (Lipinski definition) is 1. The Labute approximate surface area is 225 Å². The first-order chi connectivity index (χ1) is 18.2. The molecule has 0 aliphatic carbocycles. The lowest BCUT2D eigenvalue weighted by molar-refractivity contribution is -0.132. The Morgan fingerprint density at radius 2 is 1.68 bits per heavy atom. The SMILES string of the molecule is COc1ccc(C2/C(=C(\O)c3ccc(OCC(C)C)cc3)C(=O)C(=O)N2c2ccc(F)c(Cl)c2)cc1OC. The third kappa shape index (κ3) is 5.17. The fraction of sp³-hybridized carbons (Fsp3) is 0.241. The quantitative estimate of drug-likeness (QED) is 0.210. The van der Waals surface area contributed by atoms with Crippen molar-refractivity contribution >= 4 is 34.7 Å². The minimum Gasteiger partial charge on any atom is -0.507 e. The lowest BCUT2D eigenvalue weighted by atomic mass is 9.94. The number of methoxy groups -OCH3 is 2. The number of nitrogens with zero attached hydrogens (tertiary/aromatic N) is 1. The van der Waals surface area contributed by atoms with E-state index in [9.17, 15) is 19.1 Å². The average Bonchev–Trinajstić information content (AvgIpc) is 3.18. The zero-order chi connectivity index (χ0) is 27.6. The summed E-state index contributed by atoms with van der Waals surface area (Å²) >= 11 is 6.00. The minimum atomic E-state index is -1.06. The molecule has 1 N–H and O–H groups in total. The van der Waals surface area contributed by atoms with Crippen LogP contribution in [0.3, 0.4) is 0 Å². The van der Waals surface area contributed by atoms with Crippen molar-refractivity contribution in [2.24, 2.45) is 5.92 Å². The molecule has 0 aromatic heterocycles. The molecule has 198 valence electrons. The van der Waals surface area contributed by atoms with Crippen molar-refractivity contribution in [2.45, 2.75) is 19.9 Å². The maximum Gasteiger partial charge on any atom is 0.300 e. The topological polar surface area (TPSA) is 85.3 Å². The van der Waals surface area contributed by atoms with Crippen molar-refractivity contribution in [3.05, 3.63) is 88.2 Å². The van der Waals surface area contributed by atoms with Gasteiger partial charge in [-0.1, -0.05) is 31.5 Å². The molecule has 0 saturated carbocycles. The Morgan fingerprint density at radius 3 is 2.29 bits per heavy atom. The van der Waals surface area contributed by atoms with Crippen molar-refractivity contribution in [2.75, 3.05) is 25.7 Å². The normalized spacial score (nSPS) is 16.7. The van der Waals surface area contributed by atoms with Crippen LogP contribution in [0.1, 0.15) is 31.0 Å². The van der Waals surface area contributed by atoms with Gasteiger partial charge in [0.05, 0.1) is 37.5 Å². The fourth-order valence-electron chi connectivity index (χ4n) is 4.20. The smallest absolute Gasteiger partial charge is 0.300 e. The molecule has 0 radical (unpaired) electrons. The molecule has 1 amide bonds. The summed E-state index contributed by atoms with van der Waals surface area (Å²) in [4.78, 5) is 27.9. The van der Waals surface area contributed by atoms with Gasteiger partial charge in [-0.25, -0.2) is 4.39 Å². The second-order valence-corrected chi connectivity index (χ2v) is 9.52. The number of halogens is 2. The van der Waals surface area contributed by atoms with Crippen molar-refractivity contribution in [3.63, 3.8) is 0 Å². The lowest BCUT2D eigenvalue weighted by Crippen LogP contribution is -2.29.